The normalized spacial score (nSPS) is 11.4. The van der Waals surface area contributed by atoms with Crippen LogP contribution < -0.4 is 0 Å². The molecule has 0 aliphatic carbocycles. The van der Waals surface area contributed by atoms with Gasteiger partial charge in [0.15, 0.2) is 5.82 Å². The summed E-state index contributed by atoms with van der Waals surface area (Å²) in [5.41, 5.74) is 2.29. The number of hydrogen-bond acceptors (Lipinski definition) is 3. The lowest BCUT2D eigenvalue weighted by Crippen LogP contribution is -1.74. The maximum Gasteiger partial charge on any atom is 0.163 e. The Kier molecular flexibility index (Phi) is 4.34. The van der Waals surface area contributed by atoms with E-state index >= 15 is 0 Å². The summed E-state index contributed by atoms with van der Waals surface area (Å²) >= 11 is 1.61. The molecule has 1 aromatic heterocycles. The van der Waals surface area contributed by atoms with Crippen LogP contribution in [-0.2, 0) is 0 Å². The van der Waals surface area contributed by atoms with E-state index in [-0.39, 0.29) is 0 Å². The Morgan fingerprint density at radius 2 is 1.62 bits per heavy atom. The first-order valence-electron chi connectivity index (χ1n) is 6.68. The van der Waals surface area contributed by atoms with E-state index in [4.69, 9.17) is 0 Å². The van der Waals surface area contributed by atoms with Gasteiger partial charge in [0, 0.05) is 17.2 Å². The highest BCUT2D eigenvalue weighted by atomic mass is 32.1. The monoisotopic (exact) mass is 290 g/mol. The Balaban J connectivity index is 1.67. The van der Waals surface area contributed by atoms with Crippen LogP contribution in [0.2, 0.25) is 0 Å². The highest BCUT2D eigenvalue weighted by Gasteiger charge is 2.01. The van der Waals surface area contributed by atoms with Crippen molar-refractivity contribution in [1.82, 2.24) is 4.98 Å². The Morgan fingerprint density at radius 3 is 2.38 bits per heavy atom. The van der Waals surface area contributed by atoms with Gasteiger partial charge in [0.05, 0.1) is 0 Å². The molecule has 0 bridgehead atoms. The third kappa shape index (κ3) is 3.74. The Hall–Kier alpha value is -2.52. The largest absolute Gasteiger partial charge is 0.236 e. The molecule has 21 heavy (non-hydrogen) atoms. The molecule has 0 saturated heterocycles. The average molecular weight is 290 g/mol. The molecule has 3 rings (SSSR count). The van der Waals surface area contributed by atoms with Crippen molar-refractivity contribution in [2.45, 2.75) is 0 Å². The van der Waals surface area contributed by atoms with E-state index in [9.17, 15) is 0 Å². The predicted octanol–water partition coefficient (Wildman–Crippen LogP) is 5.23. The molecule has 0 atom stereocenters. The van der Waals surface area contributed by atoms with Crippen LogP contribution in [-0.4, -0.2) is 11.2 Å². The van der Waals surface area contributed by atoms with Crippen LogP contribution in [0.4, 0.5) is 5.82 Å². The fraction of sp³-hybridized carbons (Fsp3) is 0. The van der Waals surface area contributed by atoms with Crippen molar-refractivity contribution in [2.75, 3.05) is 0 Å². The molecule has 1 heterocycles. The molecule has 0 aliphatic heterocycles. The van der Waals surface area contributed by atoms with Crippen LogP contribution in [0.3, 0.4) is 0 Å². The number of aliphatic imine (C=N–C) groups is 1. The van der Waals surface area contributed by atoms with E-state index in [2.05, 4.69) is 34.2 Å². The maximum absolute atomic E-state index is 4.51. The van der Waals surface area contributed by atoms with Gasteiger partial charge in [-0.1, -0.05) is 66.7 Å². The topological polar surface area (TPSA) is 25.2 Å². The number of benzene rings is 2. The Labute approximate surface area is 128 Å². The van der Waals surface area contributed by atoms with Crippen molar-refractivity contribution in [3.05, 3.63) is 77.7 Å². The SMILES string of the molecule is C(=Cc1ccccc1)C=Nc1csc(-c2ccccc2)n1. The minimum absolute atomic E-state index is 0.747. The molecule has 2 nitrogen and oxygen atoms in total. The Morgan fingerprint density at radius 1 is 0.905 bits per heavy atom. The molecule has 0 amide bonds. The number of hydrogen-bond donors (Lipinski definition) is 0. The third-order valence-electron chi connectivity index (χ3n) is 2.89. The molecule has 0 saturated carbocycles. The third-order valence-corrected chi connectivity index (χ3v) is 3.77. The quantitative estimate of drug-likeness (QED) is 0.604. The second-order valence-electron chi connectivity index (χ2n) is 4.42. The van der Waals surface area contributed by atoms with E-state index < -0.39 is 0 Å². The van der Waals surface area contributed by atoms with Crippen molar-refractivity contribution in [2.24, 2.45) is 4.99 Å². The molecule has 0 fully saturated rings. The lowest BCUT2D eigenvalue weighted by molar-refractivity contribution is 1.35. The number of nitrogens with zero attached hydrogens (tertiary/aromatic N) is 2. The summed E-state index contributed by atoms with van der Waals surface area (Å²) in [6.45, 7) is 0. The molecule has 2 aromatic carbocycles. The number of aromatic nitrogens is 1. The molecule has 102 valence electrons. The predicted molar refractivity (Wildman–Crippen MR) is 91.2 cm³/mol. The summed E-state index contributed by atoms with van der Waals surface area (Å²) in [5, 5.41) is 2.96. The van der Waals surface area contributed by atoms with Crippen LogP contribution in [0.5, 0.6) is 0 Å². The van der Waals surface area contributed by atoms with E-state index in [1.54, 1.807) is 17.6 Å². The minimum atomic E-state index is 0.747. The molecule has 0 N–H and O–H groups in total. The lowest BCUT2D eigenvalue weighted by atomic mass is 10.2. The summed E-state index contributed by atoms with van der Waals surface area (Å²) in [6, 6.07) is 20.3. The maximum atomic E-state index is 4.51. The fourth-order valence-corrected chi connectivity index (χ4v) is 2.62. The molecule has 0 spiro atoms. The zero-order valence-corrected chi connectivity index (χ0v) is 12.2. The summed E-state index contributed by atoms with van der Waals surface area (Å²) in [5.74, 6) is 0.747. The molecule has 3 heteroatoms. The summed E-state index contributed by atoms with van der Waals surface area (Å²) < 4.78 is 0. The summed E-state index contributed by atoms with van der Waals surface area (Å²) in [7, 11) is 0. The van der Waals surface area contributed by atoms with Gasteiger partial charge < -0.3 is 0 Å². The number of allylic oxidation sites excluding steroid dienone is 1. The van der Waals surface area contributed by atoms with Crippen LogP contribution in [0.1, 0.15) is 5.56 Å². The number of rotatable bonds is 4. The molecular formula is C18H14N2S. The van der Waals surface area contributed by atoms with Crippen molar-refractivity contribution < 1.29 is 0 Å². The second-order valence-corrected chi connectivity index (χ2v) is 5.28. The fourth-order valence-electron chi connectivity index (χ4n) is 1.88. The van der Waals surface area contributed by atoms with E-state index in [1.165, 1.54) is 0 Å². The van der Waals surface area contributed by atoms with Gasteiger partial charge in [-0.05, 0) is 11.6 Å². The molecular weight excluding hydrogens is 276 g/mol. The van der Waals surface area contributed by atoms with Gasteiger partial charge in [0.2, 0.25) is 0 Å². The van der Waals surface area contributed by atoms with Gasteiger partial charge in [-0.15, -0.1) is 11.3 Å². The Bertz CT molecular complexity index is 743. The first-order valence-corrected chi connectivity index (χ1v) is 7.56. The van der Waals surface area contributed by atoms with Crippen molar-refractivity contribution in [3.63, 3.8) is 0 Å². The zero-order chi connectivity index (χ0) is 14.3. The van der Waals surface area contributed by atoms with Crippen LogP contribution in [0.15, 0.2) is 77.1 Å². The molecule has 3 aromatic rings. The van der Waals surface area contributed by atoms with Crippen molar-refractivity contribution in [1.29, 1.82) is 0 Å². The van der Waals surface area contributed by atoms with Gasteiger partial charge in [0.25, 0.3) is 0 Å². The van der Waals surface area contributed by atoms with Gasteiger partial charge in [-0.3, -0.25) is 0 Å². The second kappa shape index (κ2) is 6.77. The van der Waals surface area contributed by atoms with Crippen LogP contribution in [0, 0.1) is 0 Å². The lowest BCUT2D eigenvalue weighted by Gasteiger charge is -1.92. The molecule has 0 aliphatic rings. The molecule has 0 unspecified atom stereocenters. The first-order chi connectivity index (χ1) is 10.4. The number of thiazole rings is 1. The van der Waals surface area contributed by atoms with Crippen LogP contribution in [0.25, 0.3) is 16.6 Å². The highest BCUT2D eigenvalue weighted by Crippen LogP contribution is 2.26. The average Bonchev–Trinajstić information content (AvgIpc) is 3.02. The van der Waals surface area contributed by atoms with Crippen molar-refractivity contribution in [3.8, 4) is 10.6 Å². The van der Waals surface area contributed by atoms with Gasteiger partial charge in [-0.25, -0.2) is 9.98 Å². The molecule has 0 radical (unpaired) electrons. The van der Waals surface area contributed by atoms with Crippen LogP contribution >= 0.6 is 11.3 Å². The smallest absolute Gasteiger partial charge is 0.163 e. The van der Waals surface area contributed by atoms with E-state index in [0.717, 1.165) is 22.0 Å². The highest BCUT2D eigenvalue weighted by molar-refractivity contribution is 7.13. The first kappa shape index (κ1) is 13.5. The van der Waals surface area contributed by atoms with Gasteiger partial charge >= 0.3 is 0 Å². The summed E-state index contributed by atoms with van der Waals surface area (Å²) in [4.78, 5) is 8.87. The van der Waals surface area contributed by atoms with Gasteiger partial charge in [-0.2, -0.15) is 0 Å². The standard InChI is InChI=1S/C18H14N2S/c1-3-8-15(9-4-1)10-7-13-19-17-14-21-18(20-17)16-11-5-2-6-12-16/h1-14H. The zero-order valence-electron chi connectivity index (χ0n) is 11.4. The van der Waals surface area contributed by atoms with Gasteiger partial charge in [0.1, 0.15) is 5.01 Å². The minimum Gasteiger partial charge on any atom is -0.236 e. The van der Waals surface area contributed by atoms with E-state index in [0.29, 0.717) is 0 Å². The van der Waals surface area contributed by atoms with Crippen molar-refractivity contribution >= 4 is 29.4 Å². The van der Waals surface area contributed by atoms with E-state index in [1.807, 2.05) is 53.9 Å². The summed E-state index contributed by atoms with van der Waals surface area (Å²) in [6.07, 6.45) is 5.72.